The monoisotopic (exact) mass is 318 g/mol. The molecule has 0 aliphatic carbocycles. The molecule has 0 aromatic heterocycles. The van der Waals surface area contributed by atoms with Gasteiger partial charge in [0, 0.05) is 6.07 Å². The van der Waals surface area contributed by atoms with Crippen molar-refractivity contribution in [2.45, 2.75) is 38.5 Å². The molecule has 1 aliphatic heterocycles. The van der Waals surface area contributed by atoms with Crippen LogP contribution < -0.4 is 9.64 Å². The van der Waals surface area contributed by atoms with Gasteiger partial charge in [-0.15, -0.1) is 0 Å². The molecule has 122 valence electrons. The normalized spacial score (nSPS) is 17.8. The zero-order valence-corrected chi connectivity index (χ0v) is 12.1. The molecule has 1 aromatic rings. The summed E-state index contributed by atoms with van der Waals surface area (Å²) in [5.41, 5.74) is 0.0533. The number of non-ortho nitro benzene ring substituents is 1. The Kier molecular flexibility index (Phi) is 4.77. The Labute approximate surface area is 125 Å². The quantitative estimate of drug-likeness (QED) is 0.610. The first-order valence-electron chi connectivity index (χ1n) is 7.07. The van der Waals surface area contributed by atoms with Crippen LogP contribution in [0, 0.1) is 10.1 Å². The largest absolute Gasteiger partial charge is 0.486 e. The third-order valence-electron chi connectivity index (χ3n) is 3.46. The molecular formula is C14H17F3N2O3. The van der Waals surface area contributed by atoms with E-state index in [-0.39, 0.29) is 23.7 Å². The summed E-state index contributed by atoms with van der Waals surface area (Å²) >= 11 is 0. The van der Waals surface area contributed by atoms with E-state index in [4.69, 9.17) is 4.74 Å². The molecule has 2 rings (SSSR count). The molecule has 1 aromatic carbocycles. The molecule has 1 atom stereocenters. The molecular weight excluding hydrogens is 301 g/mol. The summed E-state index contributed by atoms with van der Waals surface area (Å²) in [6.45, 7) is 1.02. The predicted octanol–water partition coefficient (Wildman–Crippen LogP) is 3.91. The van der Waals surface area contributed by atoms with E-state index in [2.05, 4.69) is 0 Å². The van der Waals surface area contributed by atoms with Crippen LogP contribution in [0.15, 0.2) is 18.2 Å². The lowest BCUT2D eigenvalue weighted by Gasteiger charge is -2.36. The zero-order chi connectivity index (χ0) is 16.3. The highest BCUT2D eigenvalue weighted by atomic mass is 19.4. The minimum absolute atomic E-state index is 0.129. The van der Waals surface area contributed by atoms with Gasteiger partial charge in [-0.05, 0) is 18.9 Å². The average Bonchev–Trinajstić information content (AvgIpc) is 2.42. The van der Waals surface area contributed by atoms with Crippen LogP contribution in [0.1, 0.15) is 26.2 Å². The van der Waals surface area contributed by atoms with Crippen LogP contribution in [0.25, 0.3) is 0 Å². The Morgan fingerprint density at radius 3 is 2.77 bits per heavy atom. The highest BCUT2D eigenvalue weighted by molar-refractivity contribution is 5.64. The lowest BCUT2D eigenvalue weighted by Crippen LogP contribution is -2.44. The molecule has 0 saturated heterocycles. The van der Waals surface area contributed by atoms with E-state index < -0.39 is 23.7 Å². The van der Waals surface area contributed by atoms with Crippen molar-refractivity contribution in [2.24, 2.45) is 0 Å². The minimum Gasteiger partial charge on any atom is -0.486 e. The van der Waals surface area contributed by atoms with Crippen molar-refractivity contribution < 1.29 is 22.8 Å². The highest BCUT2D eigenvalue weighted by Gasteiger charge is 2.36. The van der Waals surface area contributed by atoms with Crippen molar-refractivity contribution in [1.29, 1.82) is 0 Å². The molecule has 1 aliphatic rings. The number of benzene rings is 1. The number of hydrogen-bond acceptors (Lipinski definition) is 4. The summed E-state index contributed by atoms with van der Waals surface area (Å²) in [6, 6.07) is 3.70. The molecule has 8 heteroatoms. The van der Waals surface area contributed by atoms with Gasteiger partial charge in [0.2, 0.25) is 0 Å². The van der Waals surface area contributed by atoms with E-state index in [9.17, 15) is 23.3 Å². The van der Waals surface area contributed by atoms with Gasteiger partial charge in [-0.2, -0.15) is 13.2 Å². The van der Waals surface area contributed by atoms with Crippen molar-refractivity contribution in [3.63, 3.8) is 0 Å². The Bertz CT molecular complexity index is 549. The third kappa shape index (κ3) is 4.02. The van der Waals surface area contributed by atoms with E-state index >= 15 is 0 Å². The van der Waals surface area contributed by atoms with E-state index in [1.165, 1.54) is 23.1 Å². The van der Waals surface area contributed by atoms with Crippen LogP contribution in [-0.4, -0.2) is 30.3 Å². The summed E-state index contributed by atoms with van der Waals surface area (Å²) in [5, 5.41) is 10.8. The van der Waals surface area contributed by atoms with E-state index in [0.29, 0.717) is 6.42 Å². The smallest absolute Gasteiger partial charge is 0.405 e. The van der Waals surface area contributed by atoms with Crippen molar-refractivity contribution in [2.75, 3.05) is 18.0 Å². The SMILES string of the molecule is CCCCC1CN(CC(F)(F)F)c2ccc([N+](=O)[O-])cc2O1. The van der Waals surface area contributed by atoms with E-state index in [1.807, 2.05) is 6.92 Å². The Balaban J connectivity index is 2.29. The number of hydrogen-bond donors (Lipinski definition) is 0. The maximum atomic E-state index is 12.7. The summed E-state index contributed by atoms with van der Waals surface area (Å²) in [4.78, 5) is 11.4. The first-order chi connectivity index (χ1) is 10.3. The molecule has 0 spiro atoms. The predicted molar refractivity (Wildman–Crippen MR) is 75.3 cm³/mol. The maximum absolute atomic E-state index is 12.7. The first-order valence-corrected chi connectivity index (χ1v) is 7.07. The molecule has 22 heavy (non-hydrogen) atoms. The second-order valence-electron chi connectivity index (χ2n) is 5.29. The number of nitro groups is 1. The van der Waals surface area contributed by atoms with Gasteiger partial charge < -0.3 is 9.64 Å². The maximum Gasteiger partial charge on any atom is 0.405 e. The number of unbranched alkanes of at least 4 members (excludes halogenated alkanes) is 1. The van der Waals surface area contributed by atoms with E-state index in [0.717, 1.165) is 12.8 Å². The molecule has 1 heterocycles. The van der Waals surface area contributed by atoms with Gasteiger partial charge in [0.25, 0.3) is 5.69 Å². The standard InChI is InChI=1S/C14H17F3N2O3/c1-2-3-4-11-8-18(9-14(15,16)17)12-6-5-10(19(20)21)7-13(12)22-11/h5-7,11H,2-4,8-9H2,1H3. The van der Waals surface area contributed by atoms with Gasteiger partial charge >= 0.3 is 6.18 Å². The number of anilines is 1. The Morgan fingerprint density at radius 2 is 2.18 bits per heavy atom. The van der Waals surface area contributed by atoms with Crippen LogP contribution in [-0.2, 0) is 0 Å². The zero-order valence-electron chi connectivity index (χ0n) is 12.1. The van der Waals surface area contributed by atoms with Gasteiger partial charge in [0.15, 0.2) is 0 Å². The minimum atomic E-state index is -4.34. The fraction of sp³-hybridized carbons (Fsp3) is 0.571. The number of nitrogens with zero attached hydrogens (tertiary/aromatic N) is 2. The molecule has 0 N–H and O–H groups in total. The number of nitro benzene ring substituents is 1. The van der Waals surface area contributed by atoms with Crippen LogP contribution in [0.4, 0.5) is 24.5 Å². The molecule has 0 radical (unpaired) electrons. The lowest BCUT2D eigenvalue weighted by atomic mass is 10.1. The summed E-state index contributed by atoms with van der Waals surface area (Å²) in [7, 11) is 0. The number of rotatable bonds is 5. The third-order valence-corrected chi connectivity index (χ3v) is 3.46. The van der Waals surface area contributed by atoms with Gasteiger partial charge in [0.05, 0.1) is 23.2 Å². The van der Waals surface area contributed by atoms with Crippen LogP contribution in [0.3, 0.4) is 0 Å². The molecule has 5 nitrogen and oxygen atoms in total. The summed E-state index contributed by atoms with van der Waals surface area (Å²) < 4.78 is 43.8. The topological polar surface area (TPSA) is 55.6 Å². The lowest BCUT2D eigenvalue weighted by molar-refractivity contribution is -0.384. The van der Waals surface area contributed by atoms with Gasteiger partial charge in [-0.3, -0.25) is 10.1 Å². The molecule has 0 fully saturated rings. The summed E-state index contributed by atoms with van der Waals surface area (Å²) in [5.74, 6) is 0.144. The van der Waals surface area contributed by atoms with E-state index in [1.54, 1.807) is 0 Å². The summed E-state index contributed by atoms with van der Waals surface area (Å²) in [6.07, 6.45) is -2.38. The fourth-order valence-electron chi connectivity index (χ4n) is 2.48. The Morgan fingerprint density at radius 1 is 1.45 bits per heavy atom. The van der Waals surface area contributed by atoms with Crippen LogP contribution in [0.5, 0.6) is 5.75 Å². The van der Waals surface area contributed by atoms with Crippen molar-refractivity contribution >= 4 is 11.4 Å². The van der Waals surface area contributed by atoms with Crippen LogP contribution in [0.2, 0.25) is 0 Å². The second kappa shape index (κ2) is 6.41. The number of ether oxygens (including phenoxy) is 1. The first kappa shape index (κ1) is 16.4. The highest BCUT2D eigenvalue weighted by Crippen LogP contribution is 2.38. The number of fused-ring (bicyclic) bond motifs is 1. The van der Waals surface area contributed by atoms with Gasteiger partial charge in [0.1, 0.15) is 18.4 Å². The fourth-order valence-corrected chi connectivity index (χ4v) is 2.48. The van der Waals surface area contributed by atoms with Crippen molar-refractivity contribution in [1.82, 2.24) is 0 Å². The molecule has 0 saturated carbocycles. The number of alkyl halides is 3. The number of halogens is 3. The van der Waals surface area contributed by atoms with Gasteiger partial charge in [-0.1, -0.05) is 13.3 Å². The van der Waals surface area contributed by atoms with Gasteiger partial charge in [-0.25, -0.2) is 0 Å². The Hall–Kier alpha value is -1.99. The van der Waals surface area contributed by atoms with Crippen molar-refractivity contribution in [3.05, 3.63) is 28.3 Å². The molecule has 0 bridgehead atoms. The van der Waals surface area contributed by atoms with Crippen molar-refractivity contribution in [3.8, 4) is 5.75 Å². The average molecular weight is 318 g/mol. The van der Waals surface area contributed by atoms with Crippen LogP contribution >= 0.6 is 0 Å². The molecule has 1 unspecified atom stereocenters. The molecule has 0 amide bonds. The second-order valence-corrected chi connectivity index (χ2v) is 5.29.